The SMILES string of the molecule is Cl.Cl.O=C(c1cnc(-c2ccccc2)s1)N1CCC(NCC2CC2)CC1. The molecule has 2 aromatic rings. The fourth-order valence-corrected chi connectivity index (χ4v) is 4.07. The number of aromatic nitrogens is 1. The van der Waals surface area contributed by atoms with Gasteiger partial charge in [-0.25, -0.2) is 4.98 Å². The maximum atomic E-state index is 12.7. The lowest BCUT2D eigenvalue weighted by atomic mass is 10.0. The lowest BCUT2D eigenvalue weighted by Crippen LogP contribution is -2.45. The van der Waals surface area contributed by atoms with E-state index < -0.39 is 0 Å². The molecule has 2 aliphatic rings. The molecule has 1 aliphatic heterocycles. The average molecular weight is 414 g/mol. The highest BCUT2D eigenvalue weighted by molar-refractivity contribution is 7.16. The van der Waals surface area contributed by atoms with Crippen LogP contribution in [0.4, 0.5) is 0 Å². The number of hydrogen-bond donors (Lipinski definition) is 1. The van der Waals surface area contributed by atoms with Crippen LogP contribution in [0.1, 0.15) is 35.4 Å². The van der Waals surface area contributed by atoms with Crippen molar-refractivity contribution in [2.45, 2.75) is 31.7 Å². The molecule has 0 atom stereocenters. The molecule has 2 heterocycles. The quantitative estimate of drug-likeness (QED) is 0.795. The fourth-order valence-electron chi connectivity index (χ4n) is 3.19. The number of carbonyl (C=O) groups excluding carboxylic acids is 1. The van der Waals surface area contributed by atoms with E-state index in [2.05, 4.69) is 10.3 Å². The molecule has 0 unspecified atom stereocenters. The molecule has 1 aromatic heterocycles. The van der Waals surface area contributed by atoms with Gasteiger partial charge in [0.25, 0.3) is 5.91 Å². The van der Waals surface area contributed by atoms with Crippen LogP contribution in [0.25, 0.3) is 10.6 Å². The Morgan fingerprint density at radius 1 is 1.12 bits per heavy atom. The maximum Gasteiger partial charge on any atom is 0.265 e. The van der Waals surface area contributed by atoms with E-state index in [1.807, 2.05) is 35.2 Å². The zero-order valence-corrected chi connectivity index (χ0v) is 17.0. The Bertz CT molecular complexity index is 698. The second kappa shape index (κ2) is 9.70. The summed E-state index contributed by atoms with van der Waals surface area (Å²) >= 11 is 1.49. The molecule has 1 aromatic carbocycles. The summed E-state index contributed by atoms with van der Waals surface area (Å²) < 4.78 is 0. The Morgan fingerprint density at radius 2 is 1.81 bits per heavy atom. The number of piperidine rings is 1. The summed E-state index contributed by atoms with van der Waals surface area (Å²) in [4.78, 5) is 19.9. The molecule has 142 valence electrons. The van der Waals surface area contributed by atoms with Crippen LogP contribution in [0, 0.1) is 5.92 Å². The third kappa shape index (κ3) is 5.19. The van der Waals surface area contributed by atoms with Crippen molar-refractivity contribution in [1.29, 1.82) is 0 Å². The number of nitrogens with zero attached hydrogens (tertiary/aromatic N) is 2. The smallest absolute Gasteiger partial charge is 0.265 e. The number of likely N-dealkylation sites (tertiary alicyclic amines) is 1. The normalized spacial score (nSPS) is 17.3. The minimum Gasteiger partial charge on any atom is -0.338 e. The predicted octanol–water partition coefficient (Wildman–Crippen LogP) is 4.26. The van der Waals surface area contributed by atoms with Gasteiger partial charge in [0.1, 0.15) is 9.88 Å². The van der Waals surface area contributed by atoms with Crippen LogP contribution in [0.5, 0.6) is 0 Å². The van der Waals surface area contributed by atoms with Crippen LogP contribution in [-0.4, -0.2) is 41.5 Å². The monoisotopic (exact) mass is 413 g/mol. The molecule has 1 aliphatic carbocycles. The van der Waals surface area contributed by atoms with Crippen molar-refractivity contribution in [3.63, 3.8) is 0 Å². The van der Waals surface area contributed by atoms with Gasteiger partial charge in [0.2, 0.25) is 0 Å². The van der Waals surface area contributed by atoms with Crippen LogP contribution >= 0.6 is 36.2 Å². The zero-order valence-electron chi connectivity index (χ0n) is 14.6. The van der Waals surface area contributed by atoms with Gasteiger partial charge in [0.05, 0.1) is 6.20 Å². The zero-order chi connectivity index (χ0) is 16.4. The van der Waals surface area contributed by atoms with Gasteiger partial charge < -0.3 is 10.2 Å². The minimum atomic E-state index is 0. The van der Waals surface area contributed by atoms with E-state index in [9.17, 15) is 4.79 Å². The van der Waals surface area contributed by atoms with Crippen molar-refractivity contribution in [1.82, 2.24) is 15.2 Å². The number of thiazole rings is 1. The van der Waals surface area contributed by atoms with E-state index in [4.69, 9.17) is 0 Å². The first-order valence-corrected chi connectivity index (χ1v) is 9.65. The summed E-state index contributed by atoms with van der Waals surface area (Å²) in [6.07, 6.45) is 6.62. The van der Waals surface area contributed by atoms with Gasteiger partial charge in [0, 0.05) is 24.7 Å². The molecular formula is C19H25Cl2N3OS. The van der Waals surface area contributed by atoms with Crippen molar-refractivity contribution in [3.8, 4) is 10.6 Å². The van der Waals surface area contributed by atoms with Gasteiger partial charge in [-0.15, -0.1) is 36.2 Å². The average Bonchev–Trinajstić information content (AvgIpc) is 3.34. The Balaban J connectivity index is 0.00000121. The van der Waals surface area contributed by atoms with Crippen LogP contribution in [0.3, 0.4) is 0 Å². The van der Waals surface area contributed by atoms with E-state index in [1.54, 1.807) is 6.20 Å². The molecule has 1 N–H and O–H groups in total. The van der Waals surface area contributed by atoms with Crippen LogP contribution in [0.2, 0.25) is 0 Å². The highest BCUT2D eigenvalue weighted by Gasteiger charge is 2.27. The fraction of sp³-hybridized carbons (Fsp3) is 0.474. The van der Waals surface area contributed by atoms with Gasteiger partial charge in [0.15, 0.2) is 0 Å². The highest BCUT2D eigenvalue weighted by atomic mass is 35.5. The first kappa shape index (κ1) is 21.2. The van der Waals surface area contributed by atoms with E-state index >= 15 is 0 Å². The maximum absolute atomic E-state index is 12.7. The van der Waals surface area contributed by atoms with Crippen LogP contribution in [0.15, 0.2) is 36.5 Å². The number of amides is 1. The molecule has 0 radical (unpaired) electrons. The molecule has 1 amide bonds. The standard InChI is InChI=1S/C19H23N3OS.2ClH/c23-19(17-13-21-18(24-17)15-4-2-1-3-5-15)22-10-8-16(9-11-22)20-12-14-6-7-14;;/h1-5,13-14,16,20H,6-12H2;2*1H. The van der Waals surface area contributed by atoms with Crippen molar-refractivity contribution in [2.75, 3.05) is 19.6 Å². The van der Waals surface area contributed by atoms with Gasteiger partial charge >= 0.3 is 0 Å². The molecule has 4 nitrogen and oxygen atoms in total. The Morgan fingerprint density at radius 3 is 2.46 bits per heavy atom. The first-order valence-electron chi connectivity index (χ1n) is 8.83. The summed E-state index contributed by atoms with van der Waals surface area (Å²) in [5.41, 5.74) is 1.07. The van der Waals surface area contributed by atoms with E-state index in [-0.39, 0.29) is 30.7 Å². The van der Waals surface area contributed by atoms with Crippen LogP contribution in [-0.2, 0) is 0 Å². The van der Waals surface area contributed by atoms with Crippen molar-refractivity contribution < 1.29 is 4.79 Å². The summed E-state index contributed by atoms with van der Waals surface area (Å²) in [5, 5.41) is 4.58. The summed E-state index contributed by atoms with van der Waals surface area (Å²) in [6, 6.07) is 10.6. The molecule has 1 saturated heterocycles. The first-order chi connectivity index (χ1) is 11.8. The van der Waals surface area contributed by atoms with Crippen molar-refractivity contribution in [2.24, 2.45) is 5.92 Å². The molecule has 7 heteroatoms. The minimum absolute atomic E-state index is 0. The molecule has 26 heavy (non-hydrogen) atoms. The third-order valence-corrected chi connectivity index (χ3v) is 5.95. The van der Waals surface area contributed by atoms with Crippen LogP contribution < -0.4 is 5.32 Å². The Hall–Kier alpha value is -1.14. The second-order valence-corrected chi connectivity index (χ2v) is 7.84. The number of carbonyl (C=O) groups is 1. The third-order valence-electron chi connectivity index (χ3n) is 4.91. The number of benzene rings is 1. The summed E-state index contributed by atoms with van der Waals surface area (Å²) in [6.45, 7) is 2.85. The van der Waals surface area contributed by atoms with E-state index in [0.717, 1.165) is 53.8 Å². The summed E-state index contributed by atoms with van der Waals surface area (Å²) in [7, 11) is 0. The lowest BCUT2D eigenvalue weighted by molar-refractivity contribution is 0.0709. The number of nitrogens with one attached hydrogen (secondary N) is 1. The Kier molecular flexibility index (Phi) is 7.89. The van der Waals surface area contributed by atoms with E-state index in [1.165, 1.54) is 24.2 Å². The van der Waals surface area contributed by atoms with Gasteiger partial charge in [-0.1, -0.05) is 30.3 Å². The second-order valence-electron chi connectivity index (χ2n) is 6.81. The van der Waals surface area contributed by atoms with Crippen molar-refractivity contribution >= 4 is 42.1 Å². The molecule has 0 spiro atoms. The highest BCUT2D eigenvalue weighted by Crippen LogP contribution is 2.29. The Labute approximate surface area is 171 Å². The van der Waals surface area contributed by atoms with Gasteiger partial charge in [-0.3, -0.25) is 4.79 Å². The van der Waals surface area contributed by atoms with Gasteiger partial charge in [-0.2, -0.15) is 0 Å². The largest absolute Gasteiger partial charge is 0.338 e. The summed E-state index contributed by atoms with van der Waals surface area (Å²) in [5.74, 6) is 1.05. The molecule has 1 saturated carbocycles. The van der Waals surface area contributed by atoms with Gasteiger partial charge in [-0.05, 0) is 38.1 Å². The predicted molar refractivity (Wildman–Crippen MR) is 112 cm³/mol. The van der Waals surface area contributed by atoms with E-state index in [0.29, 0.717) is 6.04 Å². The lowest BCUT2D eigenvalue weighted by Gasteiger charge is -2.32. The number of hydrogen-bond acceptors (Lipinski definition) is 4. The topological polar surface area (TPSA) is 45.2 Å². The molecular weight excluding hydrogens is 389 g/mol. The number of rotatable bonds is 5. The van der Waals surface area contributed by atoms with Crippen molar-refractivity contribution in [3.05, 3.63) is 41.4 Å². The molecule has 0 bridgehead atoms. The molecule has 2 fully saturated rings. The number of halogens is 2. The molecule has 4 rings (SSSR count).